The minimum absolute atomic E-state index is 0.0242. The number of aryl methyl sites for hydroxylation is 1. The lowest BCUT2D eigenvalue weighted by Gasteiger charge is -2.11. The van der Waals surface area contributed by atoms with Crippen LogP contribution in [0.15, 0.2) is 42.7 Å². The normalized spacial score (nSPS) is 11.4. The summed E-state index contributed by atoms with van der Waals surface area (Å²) in [6.07, 6.45) is 6.36. The molecule has 0 spiro atoms. The third kappa shape index (κ3) is 4.56. The van der Waals surface area contributed by atoms with Crippen molar-refractivity contribution in [2.24, 2.45) is 0 Å². The molecular formula is C22H24FN5O. The van der Waals surface area contributed by atoms with E-state index in [9.17, 15) is 9.18 Å². The van der Waals surface area contributed by atoms with Gasteiger partial charge in [-0.1, -0.05) is 25.1 Å². The second kappa shape index (κ2) is 8.77. The Morgan fingerprint density at radius 1 is 1.31 bits per heavy atom. The molecule has 0 aliphatic rings. The van der Waals surface area contributed by atoms with E-state index in [-0.39, 0.29) is 11.6 Å². The van der Waals surface area contributed by atoms with Gasteiger partial charge in [-0.05, 0) is 62.6 Å². The fourth-order valence-corrected chi connectivity index (χ4v) is 2.90. The maximum absolute atomic E-state index is 14.4. The molecule has 29 heavy (non-hydrogen) atoms. The number of nitrogens with zero attached hydrogens (tertiary/aromatic N) is 4. The topological polar surface area (TPSA) is 72.7 Å². The molecule has 1 N–H and O–H groups in total. The molecule has 150 valence electrons. The summed E-state index contributed by atoms with van der Waals surface area (Å²) in [6, 6.07) is 8.31. The molecule has 0 aliphatic carbocycles. The molecule has 2 aromatic heterocycles. The van der Waals surface area contributed by atoms with Crippen LogP contribution in [0.2, 0.25) is 0 Å². The van der Waals surface area contributed by atoms with E-state index in [0.29, 0.717) is 17.3 Å². The molecule has 7 heteroatoms. The van der Waals surface area contributed by atoms with Gasteiger partial charge in [0.2, 0.25) is 0 Å². The number of carbonyl (C=O) groups excluding carboxylic acids is 1. The third-order valence-corrected chi connectivity index (χ3v) is 4.48. The molecule has 3 rings (SSSR count). The number of allylic oxidation sites excluding steroid dienone is 1. The Labute approximate surface area is 169 Å². The molecule has 3 aromatic rings. The first-order valence-electron chi connectivity index (χ1n) is 9.55. The van der Waals surface area contributed by atoms with Crippen LogP contribution in [0, 0.1) is 12.7 Å². The van der Waals surface area contributed by atoms with Gasteiger partial charge in [0.15, 0.2) is 5.82 Å². The second-order valence-electron chi connectivity index (χ2n) is 7.02. The number of hydrogen-bond donors (Lipinski definition) is 1. The summed E-state index contributed by atoms with van der Waals surface area (Å²) in [5, 5.41) is 10.7. The molecule has 0 fully saturated rings. The van der Waals surface area contributed by atoms with Gasteiger partial charge in [0.05, 0.1) is 5.56 Å². The van der Waals surface area contributed by atoms with Crippen LogP contribution in [0.5, 0.6) is 0 Å². The Morgan fingerprint density at radius 3 is 2.83 bits per heavy atom. The Kier molecular flexibility index (Phi) is 6.16. The number of nitrogens with one attached hydrogen (secondary N) is 1. The zero-order chi connectivity index (χ0) is 21.0. The van der Waals surface area contributed by atoms with Crippen LogP contribution < -0.4 is 5.32 Å². The van der Waals surface area contributed by atoms with Crippen molar-refractivity contribution in [3.05, 3.63) is 65.2 Å². The van der Waals surface area contributed by atoms with Gasteiger partial charge < -0.3 is 9.88 Å². The molecule has 0 bridgehead atoms. The first kappa shape index (κ1) is 20.4. The highest BCUT2D eigenvalue weighted by atomic mass is 19.1. The van der Waals surface area contributed by atoms with Gasteiger partial charge >= 0.3 is 0 Å². The van der Waals surface area contributed by atoms with Crippen molar-refractivity contribution >= 4 is 17.8 Å². The largest absolute Gasteiger partial charge is 0.310 e. The van der Waals surface area contributed by atoms with E-state index in [1.54, 1.807) is 30.6 Å². The third-order valence-electron chi connectivity index (χ3n) is 4.48. The number of benzene rings is 1. The highest BCUT2D eigenvalue weighted by Crippen LogP contribution is 2.21. The minimum atomic E-state index is -0.565. The monoisotopic (exact) mass is 393 g/mol. The summed E-state index contributed by atoms with van der Waals surface area (Å²) < 4.78 is 16.3. The van der Waals surface area contributed by atoms with E-state index in [4.69, 9.17) is 0 Å². The lowest BCUT2D eigenvalue weighted by Crippen LogP contribution is -2.15. The van der Waals surface area contributed by atoms with Crippen molar-refractivity contribution in [2.75, 3.05) is 5.32 Å². The van der Waals surface area contributed by atoms with Crippen LogP contribution in [-0.4, -0.2) is 25.7 Å². The zero-order valence-electron chi connectivity index (χ0n) is 17.0. The Balaban J connectivity index is 1.88. The van der Waals surface area contributed by atoms with Gasteiger partial charge in [0, 0.05) is 6.04 Å². The predicted octanol–water partition coefficient (Wildman–Crippen LogP) is 5.04. The van der Waals surface area contributed by atoms with E-state index >= 15 is 0 Å². The van der Waals surface area contributed by atoms with E-state index in [0.717, 1.165) is 17.5 Å². The number of aromatic nitrogens is 4. The van der Waals surface area contributed by atoms with Gasteiger partial charge in [-0.3, -0.25) is 4.79 Å². The van der Waals surface area contributed by atoms with Crippen LogP contribution >= 0.6 is 0 Å². The molecule has 6 nitrogen and oxygen atoms in total. The van der Waals surface area contributed by atoms with Gasteiger partial charge in [0.1, 0.15) is 23.7 Å². The number of halogens is 1. The van der Waals surface area contributed by atoms with Gasteiger partial charge in [-0.25, -0.2) is 9.37 Å². The van der Waals surface area contributed by atoms with Gasteiger partial charge in [0.25, 0.3) is 5.91 Å². The van der Waals surface area contributed by atoms with Crippen molar-refractivity contribution in [3.63, 3.8) is 0 Å². The van der Waals surface area contributed by atoms with E-state index in [1.807, 2.05) is 44.4 Å². The molecule has 2 heterocycles. The van der Waals surface area contributed by atoms with Crippen LogP contribution in [-0.2, 0) is 0 Å². The smallest absolute Gasteiger partial charge is 0.259 e. The van der Waals surface area contributed by atoms with Gasteiger partial charge in [-0.15, -0.1) is 10.2 Å². The number of pyridine rings is 1. The average Bonchev–Trinajstić information content (AvgIpc) is 3.18. The molecule has 0 saturated heterocycles. The van der Waals surface area contributed by atoms with E-state index < -0.39 is 11.7 Å². The van der Waals surface area contributed by atoms with Crippen molar-refractivity contribution in [1.82, 2.24) is 19.7 Å². The van der Waals surface area contributed by atoms with Crippen molar-refractivity contribution in [1.29, 1.82) is 0 Å². The lowest BCUT2D eigenvalue weighted by atomic mass is 10.0. The second-order valence-corrected chi connectivity index (χ2v) is 7.02. The number of hydrogen-bond acceptors (Lipinski definition) is 4. The van der Waals surface area contributed by atoms with Crippen LogP contribution in [0.3, 0.4) is 0 Å². The fourth-order valence-electron chi connectivity index (χ4n) is 2.90. The summed E-state index contributed by atoms with van der Waals surface area (Å²) in [6.45, 7) is 7.87. The Hall–Kier alpha value is -3.35. The van der Waals surface area contributed by atoms with Crippen LogP contribution in [0.25, 0.3) is 17.6 Å². The number of amides is 1. The lowest BCUT2D eigenvalue weighted by molar-refractivity contribution is 0.102. The highest BCUT2D eigenvalue weighted by molar-refractivity contribution is 6.04. The predicted molar refractivity (Wildman–Crippen MR) is 112 cm³/mol. The summed E-state index contributed by atoms with van der Waals surface area (Å²) in [7, 11) is 0. The van der Waals surface area contributed by atoms with Crippen molar-refractivity contribution < 1.29 is 9.18 Å². The maximum atomic E-state index is 14.4. The minimum Gasteiger partial charge on any atom is -0.310 e. The first-order valence-corrected chi connectivity index (χ1v) is 9.55. The van der Waals surface area contributed by atoms with Gasteiger partial charge in [-0.2, -0.15) is 0 Å². The fraction of sp³-hybridized carbons (Fsp3) is 0.273. The average molecular weight is 393 g/mol. The molecule has 0 radical (unpaired) electrons. The molecule has 0 aliphatic heterocycles. The number of carbonyl (C=O) groups is 1. The summed E-state index contributed by atoms with van der Waals surface area (Å²) >= 11 is 0. The summed E-state index contributed by atoms with van der Waals surface area (Å²) in [5.41, 5.74) is 2.14. The molecule has 0 atom stereocenters. The quantitative estimate of drug-likeness (QED) is 0.636. The van der Waals surface area contributed by atoms with E-state index in [1.165, 1.54) is 6.07 Å². The van der Waals surface area contributed by atoms with Crippen molar-refractivity contribution in [3.8, 4) is 11.5 Å². The zero-order valence-corrected chi connectivity index (χ0v) is 17.0. The number of anilines is 1. The standard InChI is InChI=1S/C22H24FN5O/c1-5-6-8-16-12-17(18(23)11-15(16)4)22(29)26-20-10-7-9-19(25-20)21-27-24-13-28(21)14(2)3/h6-14H,5H2,1-4H3,(H,25,26,29)/b8-6+. The first-order chi connectivity index (χ1) is 13.9. The maximum Gasteiger partial charge on any atom is 0.259 e. The highest BCUT2D eigenvalue weighted by Gasteiger charge is 2.16. The van der Waals surface area contributed by atoms with Crippen molar-refractivity contribution in [2.45, 2.75) is 40.2 Å². The molecule has 1 amide bonds. The molecule has 0 saturated carbocycles. The van der Waals surface area contributed by atoms with Crippen LogP contribution in [0.1, 0.15) is 54.7 Å². The van der Waals surface area contributed by atoms with Crippen LogP contribution in [0.4, 0.5) is 10.2 Å². The summed E-state index contributed by atoms with van der Waals surface area (Å²) in [4.78, 5) is 17.1. The summed E-state index contributed by atoms with van der Waals surface area (Å²) in [5.74, 6) is -0.200. The SMILES string of the molecule is CC/C=C/c1cc(C(=O)Nc2cccc(-c3nncn3C(C)C)n2)c(F)cc1C. The van der Waals surface area contributed by atoms with E-state index in [2.05, 4.69) is 20.5 Å². The Bertz CT molecular complexity index is 1060. The molecule has 0 unspecified atom stereocenters. The Morgan fingerprint density at radius 2 is 2.10 bits per heavy atom. The number of rotatable bonds is 6. The molecule has 1 aromatic carbocycles. The molecular weight excluding hydrogens is 369 g/mol.